The molecule has 10 heteroatoms. The van der Waals surface area contributed by atoms with Crippen molar-refractivity contribution in [1.29, 1.82) is 0 Å². The zero-order valence-electron chi connectivity index (χ0n) is 12.8. The number of thiazole rings is 1. The van der Waals surface area contributed by atoms with Gasteiger partial charge in [0.2, 0.25) is 5.95 Å². The summed E-state index contributed by atoms with van der Waals surface area (Å²) < 4.78 is 37.6. The predicted octanol–water partition coefficient (Wildman–Crippen LogP) is 3.31. The first-order valence-corrected chi connectivity index (χ1v) is 7.73. The van der Waals surface area contributed by atoms with Gasteiger partial charge in [0.25, 0.3) is 0 Å². The van der Waals surface area contributed by atoms with Gasteiger partial charge in [-0.15, -0.1) is 11.3 Å². The van der Waals surface area contributed by atoms with Gasteiger partial charge in [-0.25, -0.2) is 9.97 Å². The molecule has 3 heterocycles. The van der Waals surface area contributed by atoms with E-state index in [4.69, 9.17) is 5.73 Å². The van der Waals surface area contributed by atoms with Gasteiger partial charge in [-0.2, -0.15) is 23.1 Å². The Balaban J connectivity index is 1.84. The Morgan fingerprint density at radius 1 is 1.21 bits per heavy atom. The van der Waals surface area contributed by atoms with Crippen LogP contribution in [0.1, 0.15) is 21.1 Å². The van der Waals surface area contributed by atoms with Gasteiger partial charge in [0.05, 0.1) is 11.9 Å². The lowest BCUT2D eigenvalue weighted by Gasteiger charge is -2.09. The van der Waals surface area contributed by atoms with Gasteiger partial charge in [0.1, 0.15) is 5.82 Å². The van der Waals surface area contributed by atoms with Crippen molar-refractivity contribution in [2.45, 2.75) is 26.6 Å². The topological polar surface area (TPSA) is 89.6 Å². The Kier molecular flexibility index (Phi) is 3.99. The predicted molar refractivity (Wildman–Crippen MR) is 85.7 cm³/mol. The molecule has 0 aliphatic heterocycles. The van der Waals surface area contributed by atoms with Crippen LogP contribution in [-0.4, -0.2) is 19.9 Å². The van der Waals surface area contributed by atoms with Crippen molar-refractivity contribution < 1.29 is 13.2 Å². The molecule has 126 valence electrons. The third-order valence-electron chi connectivity index (χ3n) is 3.24. The molecule has 24 heavy (non-hydrogen) atoms. The largest absolute Gasteiger partial charge is 0.443 e. The van der Waals surface area contributed by atoms with Crippen molar-refractivity contribution >= 4 is 34.1 Å². The van der Waals surface area contributed by atoms with E-state index in [2.05, 4.69) is 25.3 Å². The highest BCUT2D eigenvalue weighted by atomic mass is 32.1. The molecule has 3 aromatic rings. The molecule has 0 unspecified atom stereocenters. The van der Waals surface area contributed by atoms with E-state index >= 15 is 0 Å². The number of aromatic nitrogens is 4. The Morgan fingerprint density at radius 3 is 2.62 bits per heavy atom. The molecule has 0 atom stereocenters. The van der Waals surface area contributed by atoms with E-state index in [0.717, 1.165) is 11.3 Å². The maximum Gasteiger partial charge on any atom is 0.443 e. The van der Waals surface area contributed by atoms with Crippen molar-refractivity contribution in [3.05, 3.63) is 33.4 Å². The summed E-state index contributed by atoms with van der Waals surface area (Å²) in [6, 6.07) is 1.88. The maximum atomic E-state index is 12.5. The Morgan fingerprint density at radius 2 is 1.96 bits per heavy atom. The Labute approximate surface area is 139 Å². The molecule has 3 N–H and O–H groups in total. The number of nitrogens with zero attached hydrogens (tertiary/aromatic N) is 4. The zero-order chi connectivity index (χ0) is 17.5. The lowest BCUT2D eigenvalue weighted by molar-refractivity contribution is -0.137. The average molecular weight is 354 g/mol. The fourth-order valence-corrected chi connectivity index (χ4v) is 2.99. The van der Waals surface area contributed by atoms with Crippen LogP contribution in [0.2, 0.25) is 0 Å². The summed E-state index contributed by atoms with van der Waals surface area (Å²) in [7, 11) is 0. The van der Waals surface area contributed by atoms with Gasteiger partial charge < -0.3 is 11.1 Å². The lowest BCUT2D eigenvalue weighted by atomic mass is 10.1. The number of halogens is 3. The van der Waals surface area contributed by atoms with Crippen LogP contribution in [0.3, 0.4) is 0 Å². The number of nitrogens with one attached hydrogen (secondary N) is 1. The number of anilines is 2. The summed E-state index contributed by atoms with van der Waals surface area (Å²) in [6.07, 6.45) is -3.26. The fraction of sp³-hybridized carbons (Fsp3) is 0.286. The van der Waals surface area contributed by atoms with Crippen molar-refractivity contribution in [1.82, 2.24) is 19.9 Å². The number of rotatable bonds is 3. The molecule has 6 nitrogen and oxygen atoms in total. The summed E-state index contributed by atoms with van der Waals surface area (Å²) in [6.45, 7) is 3.84. The van der Waals surface area contributed by atoms with Crippen LogP contribution < -0.4 is 11.1 Å². The number of hydrogen-bond donors (Lipinski definition) is 2. The first-order chi connectivity index (χ1) is 11.2. The van der Waals surface area contributed by atoms with E-state index in [0.29, 0.717) is 27.2 Å². The minimum absolute atomic E-state index is 0.115. The molecule has 0 aliphatic rings. The third-order valence-corrected chi connectivity index (χ3v) is 4.28. The normalized spacial score (nSPS) is 11.9. The first kappa shape index (κ1) is 16.4. The van der Waals surface area contributed by atoms with Gasteiger partial charge in [0.15, 0.2) is 10.7 Å². The number of aryl methyl sites for hydroxylation is 2. The van der Waals surface area contributed by atoms with Crippen LogP contribution in [0.5, 0.6) is 0 Å². The molecule has 0 bridgehead atoms. The molecule has 0 aliphatic carbocycles. The number of fused-ring (bicyclic) bond motifs is 1. The minimum atomic E-state index is -4.44. The molecule has 0 saturated heterocycles. The number of hydrogen-bond acceptors (Lipinski definition) is 7. The monoisotopic (exact) mass is 354 g/mol. The standard InChI is InChI=1S/C14H13F3N6S/c1-6-3-7(2)21-11-9(6)10(18)22-13(23-11)20-5-8-4-19-12(24-8)14(15,16)17/h3-4H,5H2,1-2H3,(H3,18,20,21,22,23). The van der Waals surface area contributed by atoms with Crippen molar-refractivity contribution in [2.75, 3.05) is 11.1 Å². The quantitative estimate of drug-likeness (QED) is 0.750. The highest BCUT2D eigenvalue weighted by molar-refractivity contribution is 7.11. The highest BCUT2D eigenvalue weighted by Gasteiger charge is 2.34. The maximum absolute atomic E-state index is 12.5. The minimum Gasteiger partial charge on any atom is -0.383 e. The van der Waals surface area contributed by atoms with Gasteiger partial charge in [0, 0.05) is 16.8 Å². The van der Waals surface area contributed by atoms with E-state index in [1.807, 2.05) is 19.9 Å². The molecular weight excluding hydrogens is 341 g/mol. The molecule has 0 amide bonds. The lowest BCUT2D eigenvalue weighted by Crippen LogP contribution is -2.07. The summed E-state index contributed by atoms with van der Waals surface area (Å²) in [4.78, 5) is 16.5. The Hall–Kier alpha value is -2.49. The molecule has 0 fully saturated rings. The molecule has 0 aromatic carbocycles. The second kappa shape index (κ2) is 5.86. The van der Waals surface area contributed by atoms with E-state index in [1.165, 1.54) is 6.20 Å². The fourth-order valence-electron chi connectivity index (χ4n) is 2.28. The van der Waals surface area contributed by atoms with Crippen LogP contribution in [0.15, 0.2) is 12.3 Å². The molecular formula is C14H13F3N6S. The molecule has 0 saturated carbocycles. The van der Waals surface area contributed by atoms with Crippen molar-refractivity contribution in [3.63, 3.8) is 0 Å². The first-order valence-electron chi connectivity index (χ1n) is 6.91. The number of nitrogens with two attached hydrogens (primary N) is 1. The summed E-state index contributed by atoms with van der Waals surface area (Å²) in [5.74, 6) is 0.479. The van der Waals surface area contributed by atoms with E-state index in [1.54, 1.807) is 0 Å². The van der Waals surface area contributed by atoms with Gasteiger partial charge in [-0.3, -0.25) is 0 Å². The molecule has 3 rings (SSSR count). The molecule has 0 radical (unpaired) electrons. The summed E-state index contributed by atoms with van der Waals surface area (Å²) in [5.41, 5.74) is 8.10. The van der Waals surface area contributed by atoms with Gasteiger partial charge in [-0.05, 0) is 25.5 Å². The average Bonchev–Trinajstić information content (AvgIpc) is 2.92. The zero-order valence-corrected chi connectivity index (χ0v) is 13.6. The van der Waals surface area contributed by atoms with E-state index in [-0.39, 0.29) is 18.3 Å². The summed E-state index contributed by atoms with van der Waals surface area (Å²) in [5, 5.41) is 2.64. The smallest absolute Gasteiger partial charge is 0.383 e. The second-order valence-corrected chi connectivity index (χ2v) is 6.31. The molecule has 0 spiro atoms. The van der Waals surface area contributed by atoms with Crippen LogP contribution in [0.4, 0.5) is 24.9 Å². The van der Waals surface area contributed by atoms with Gasteiger partial charge >= 0.3 is 6.18 Å². The SMILES string of the molecule is Cc1cc(C)c2c(N)nc(NCc3cnc(C(F)(F)F)s3)nc2n1. The highest BCUT2D eigenvalue weighted by Crippen LogP contribution is 2.32. The van der Waals surface area contributed by atoms with Crippen molar-refractivity contribution in [3.8, 4) is 0 Å². The Bertz CT molecular complexity index is 905. The van der Waals surface area contributed by atoms with Crippen LogP contribution in [0.25, 0.3) is 11.0 Å². The van der Waals surface area contributed by atoms with Crippen LogP contribution in [-0.2, 0) is 12.7 Å². The van der Waals surface area contributed by atoms with E-state index in [9.17, 15) is 13.2 Å². The molecule has 3 aromatic heterocycles. The van der Waals surface area contributed by atoms with Crippen LogP contribution >= 0.6 is 11.3 Å². The van der Waals surface area contributed by atoms with E-state index < -0.39 is 11.2 Å². The number of pyridine rings is 1. The third kappa shape index (κ3) is 3.23. The number of alkyl halides is 3. The second-order valence-electron chi connectivity index (χ2n) is 5.19. The van der Waals surface area contributed by atoms with Crippen molar-refractivity contribution in [2.24, 2.45) is 0 Å². The van der Waals surface area contributed by atoms with Crippen LogP contribution in [0, 0.1) is 13.8 Å². The number of nitrogen functional groups attached to an aromatic ring is 1. The summed E-state index contributed by atoms with van der Waals surface area (Å²) >= 11 is 0.571. The van der Waals surface area contributed by atoms with Gasteiger partial charge in [-0.1, -0.05) is 0 Å².